The molecular weight excluding hydrogens is 560 g/mol. The SMILES string of the molecule is Cc1cccc(COc2ccccc2CN(Cc2ccccc2OCc2cccc(C)c2)c2ccc3c(c2)CC(=O)C(=O)N3)c1. The number of benzene rings is 5. The number of fused-ring (bicyclic) bond motifs is 1. The molecule has 0 radical (unpaired) electrons. The van der Waals surface area contributed by atoms with E-state index in [0.29, 0.717) is 32.0 Å². The van der Waals surface area contributed by atoms with E-state index < -0.39 is 11.7 Å². The topological polar surface area (TPSA) is 67.9 Å². The second-order valence-corrected chi connectivity index (χ2v) is 11.5. The molecule has 0 aliphatic carbocycles. The summed E-state index contributed by atoms with van der Waals surface area (Å²) in [7, 11) is 0. The Kier molecular flexibility index (Phi) is 8.92. The second-order valence-electron chi connectivity index (χ2n) is 11.5. The van der Waals surface area contributed by atoms with E-state index in [4.69, 9.17) is 9.47 Å². The standard InChI is InChI=1S/C39H36N2O4/c1-27-9-7-11-29(19-27)25-44-37-15-5-3-13-31(37)23-41(34-17-18-35-33(21-34)22-36(42)39(43)40-35)24-32-14-4-6-16-38(32)45-26-30-12-8-10-28(2)20-30/h3-21H,22-26H2,1-2H3,(H,40,43). The van der Waals surface area contributed by atoms with Crippen LogP contribution >= 0.6 is 0 Å². The fraction of sp³-hybridized carbons (Fsp3) is 0.179. The van der Waals surface area contributed by atoms with Crippen molar-refractivity contribution < 1.29 is 19.1 Å². The summed E-state index contributed by atoms with van der Waals surface area (Å²) in [4.78, 5) is 26.5. The van der Waals surface area contributed by atoms with Crippen LogP contribution in [0.1, 0.15) is 38.9 Å². The molecule has 226 valence electrons. The van der Waals surface area contributed by atoms with Gasteiger partial charge < -0.3 is 19.7 Å². The second kappa shape index (κ2) is 13.5. The fourth-order valence-electron chi connectivity index (χ4n) is 5.62. The van der Waals surface area contributed by atoms with Gasteiger partial charge in [0.2, 0.25) is 5.78 Å². The van der Waals surface area contributed by atoms with Gasteiger partial charge in [0.1, 0.15) is 24.7 Å². The fourth-order valence-corrected chi connectivity index (χ4v) is 5.62. The molecular formula is C39H36N2O4. The molecule has 6 heteroatoms. The van der Waals surface area contributed by atoms with Gasteiger partial charge in [0.15, 0.2) is 0 Å². The number of nitrogens with one attached hydrogen (secondary N) is 1. The van der Waals surface area contributed by atoms with Gasteiger partial charge >= 0.3 is 0 Å². The number of carbonyl (C=O) groups is 2. The van der Waals surface area contributed by atoms with Gasteiger partial charge in [0.25, 0.3) is 5.91 Å². The van der Waals surface area contributed by atoms with Crippen molar-refractivity contribution in [3.8, 4) is 11.5 Å². The Balaban J connectivity index is 1.30. The molecule has 6 rings (SSSR count). The van der Waals surface area contributed by atoms with Crippen LogP contribution < -0.4 is 19.7 Å². The van der Waals surface area contributed by atoms with Crippen LogP contribution in [0.5, 0.6) is 11.5 Å². The van der Waals surface area contributed by atoms with Gasteiger partial charge in [-0.1, -0.05) is 96.1 Å². The molecule has 0 spiro atoms. The Labute approximate surface area is 264 Å². The van der Waals surface area contributed by atoms with Crippen LogP contribution in [0.15, 0.2) is 115 Å². The van der Waals surface area contributed by atoms with E-state index in [2.05, 4.69) is 72.6 Å². The van der Waals surface area contributed by atoms with Crippen molar-refractivity contribution in [2.75, 3.05) is 10.2 Å². The number of aryl methyl sites for hydroxylation is 2. The number of hydrogen-bond donors (Lipinski definition) is 1. The van der Waals surface area contributed by atoms with Crippen molar-refractivity contribution in [2.45, 2.75) is 46.6 Å². The minimum atomic E-state index is -0.563. The van der Waals surface area contributed by atoms with E-state index in [1.54, 1.807) is 0 Å². The zero-order valence-electron chi connectivity index (χ0n) is 25.6. The first-order chi connectivity index (χ1) is 21.9. The molecule has 0 aromatic heterocycles. The van der Waals surface area contributed by atoms with Crippen LogP contribution in [0.25, 0.3) is 0 Å². The van der Waals surface area contributed by atoms with Crippen LogP contribution in [0.3, 0.4) is 0 Å². The van der Waals surface area contributed by atoms with Gasteiger partial charge in [0.05, 0.1) is 0 Å². The molecule has 1 N–H and O–H groups in total. The number of hydrogen-bond acceptors (Lipinski definition) is 5. The number of amides is 1. The number of ether oxygens (including phenoxy) is 2. The van der Waals surface area contributed by atoms with Crippen LogP contribution in [0.4, 0.5) is 11.4 Å². The number of para-hydroxylation sites is 2. The zero-order chi connectivity index (χ0) is 31.2. The number of nitrogens with zero attached hydrogens (tertiary/aromatic N) is 1. The summed E-state index contributed by atoms with van der Waals surface area (Å²) in [5, 5.41) is 2.72. The Morgan fingerprint density at radius 1 is 0.644 bits per heavy atom. The molecule has 0 unspecified atom stereocenters. The Morgan fingerprint density at radius 3 is 1.76 bits per heavy atom. The smallest absolute Gasteiger partial charge is 0.292 e. The van der Waals surface area contributed by atoms with Crippen LogP contribution in [-0.4, -0.2) is 11.7 Å². The lowest BCUT2D eigenvalue weighted by atomic mass is 10.0. The van der Waals surface area contributed by atoms with Crippen LogP contribution in [-0.2, 0) is 42.3 Å². The molecule has 6 nitrogen and oxygen atoms in total. The van der Waals surface area contributed by atoms with Crippen molar-refractivity contribution in [1.29, 1.82) is 0 Å². The Hall–Kier alpha value is -5.36. The predicted molar refractivity (Wildman–Crippen MR) is 178 cm³/mol. The van der Waals surface area contributed by atoms with E-state index in [-0.39, 0.29) is 6.42 Å². The van der Waals surface area contributed by atoms with E-state index in [0.717, 1.165) is 45.0 Å². The first-order valence-corrected chi connectivity index (χ1v) is 15.2. The molecule has 0 bridgehead atoms. The highest BCUT2D eigenvalue weighted by atomic mass is 16.5. The molecule has 5 aromatic carbocycles. The maximum Gasteiger partial charge on any atom is 0.292 e. The summed E-state index contributed by atoms with van der Waals surface area (Å²) < 4.78 is 12.7. The number of ketones is 1. The van der Waals surface area contributed by atoms with Crippen molar-refractivity contribution >= 4 is 23.1 Å². The largest absolute Gasteiger partial charge is 0.489 e. The van der Waals surface area contributed by atoms with Gasteiger partial charge in [-0.25, -0.2) is 0 Å². The third-order valence-electron chi connectivity index (χ3n) is 7.93. The number of anilines is 2. The van der Waals surface area contributed by atoms with Gasteiger partial charge in [0, 0.05) is 42.0 Å². The van der Waals surface area contributed by atoms with E-state index in [1.807, 2.05) is 66.7 Å². The summed E-state index contributed by atoms with van der Waals surface area (Å²) in [6, 6.07) is 38.7. The molecule has 1 aliphatic rings. The minimum Gasteiger partial charge on any atom is -0.489 e. The normalized spacial score (nSPS) is 12.3. The first kappa shape index (κ1) is 29.7. The lowest BCUT2D eigenvalue weighted by molar-refractivity contribution is -0.134. The van der Waals surface area contributed by atoms with Gasteiger partial charge in [-0.05, 0) is 60.9 Å². The summed E-state index contributed by atoms with van der Waals surface area (Å²) >= 11 is 0. The molecule has 0 fully saturated rings. The monoisotopic (exact) mass is 596 g/mol. The maximum atomic E-state index is 12.3. The number of carbonyl (C=O) groups excluding carboxylic acids is 2. The van der Waals surface area contributed by atoms with Gasteiger partial charge in [-0.2, -0.15) is 0 Å². The average molecular weight is 597 g/mol. The minimum absolute atomic E-state index is 0.0786. The van der Waals surface area contributed by atoms with E-state index in [9.17, 15) is 9.59 Å². The lowest BCUT2D eigenvalue weighted by Gasteiger charge is -2.28. The van der Waals surface area contributed by atoms with E-state index >= 15 is 0 Å². The Bertz CT molecular complexity index is 1750. The average Bonchev–Trinajstić information content (AvgIpc) is 3.04. The highest BCUT2D eigenvalue weighted by Crippen LogP contribution is 2.32. The summed E-state index contributed by atoms with van der Waals surface area (Å²) in [6.45, 7) is 6.19. The summed E-state index contributed by atoms with van der Waals surface area (Å²) in [6.07, 6.45) is 0.0786. The Morgan fingerprint density at radius 2 is 1.20 bits per heavy atom. The third kappa shape index (κ3) is 7.42. The van der Waals surface area contributed by atoms with Gasteiger partial charge in [-0.15, -0.1) is 0 Å². The third-order valence-corrected chi connectivity index (χ3v) is 7.93. The predicted octanol–water partition coefficient (Wildman–Crippen LogP) is 7.73. The van der Waals surface area contributed by atoms with Crippen molar-refractivity contribution in [2.24, 2.45) is 0 Å². The van der Waals surface area contributed by atoms with Crippen molar-refractivity contribution in [1.82, 2.24) is 0 Å². The molecule has 0 saturated carbocycles. The molecule has 45 heavy (non-hydrogen) atoms. The summed E-state index contributed by atoms with van der Waals surface area (Å²) in [5.41, 5.74) is 9.09. The maximum absolute atomic E-state index is 12.3. The van der Waals surface area contributed by atoms with Gasteiger partial charge in [-0.3, -0.25) is 9.59 Å². The molecule has 1 heterocycles. The molecule has 0 saturated heterocycles. The van der Waals surface area contributed by atoms with Crippen molar-refractivity contribution in [3.63, 3.8) is 0 Å². The quantitative estimate of drug-likeness (QED) is 0.158. The van der Waals surface area contributed by atoms with Crippen molar-refractivity contribution in [3.05, 3.63) is 154 Å². The highest BCUT2D eigenvalue weighted by molar-refractivity contribution is 6.42. The molecule has 1 aliphatic heterocycles. The highest BCUT2D eigenvalue weighted by Gasteiger charge is 2.24. The lowest BCUT2D eigenvalue weighted by Crippen LogP contribution is -2.30. The zero-order valence-corrected chi connectivity index (χ0v) is 25.6. The summed E-state index contributed by atoms with van der Waals surface area (Å²) in [5.74, 6) is 0.629. The first-order valence-electron chi connectivity index (χ1n) is 15.2. The molecule has 0 atom stereocenters. The molecule has 1 amide bonds. The number of rotatable bonds is 11. The van der Waals surface area contributed by atoms with Crippen LogP contribution in [0.2, 0.25) is 0 Å². The van der Waals surface area contributed by atoms with E-state index in [1.165, 1.54) is 11.1 Å². The van der Waals surface area contributed by atoms with Crippen LogP contribution in [0, 0.1) is 13.8 Å². The molecule has 5 aromatic rings. The number of Topliss-reactive ketones (excluding diaryl/α,β-unsaturated/α-hetero) is 1.